The molecule has 0 radical (unpaired) electrons. The molecule has 1 saturated heterocycles. The van der Waals surface area contributed by atoms with Gasteiger partial charge in [-0.25, -0.2) is 13.5 Å². The molecule has 3 heterocycles. The molecule has 1 aliphatic rings. The molecule has 0 atom stereocenters. The van der Waals surface area contributed by atoms with Crippen molar-refractivity contribution in [1.82, 2.24) is 14.7 Å². The average molecular weight is 364 g/mol. The van der Waals surface area contributed by atoms with E-state index in [2.05, 4.69) is 21.0 Å². The average Bonchev–Trinajstić information content (AvgIpc) is 2.72. The van der Waals surface area contributed by atoms with Crippen molar-refractivity contribution in [3.63, 3.8) is 0 Å². The largest absolute Gasteiger partial charge is 0.329 e. The lowest BCUT2D eigenvalue weighted by Gasteiger charge is -2.38. The van der Waals surface area contributed by atoms with Crippen LogP contribution in [0.15, 0.2) is 20.8 Å². The Balaban J connectivity index is 1.85. The number of likely N-dealkylation sites (tertiary alicyclic amines) is 1. The second kappa shape index (κ2) is 4.59. The van der Waals surface area contributed by atoms with Crippen LogP contribution in [0.3, 0.4) is 0 Å². The number of rotatable bonds is 2. The maximum atomic E-state index is 12.7. The predicted molar refractivity (Wildman–Crippen MR) is 73.1 cm³/mol. The van der Waals surface area contributed by atoms with Crippen LogP contribution in [0.2, 0.25) is 0 Å². The molecule has 1 aliphatic heterocycles. The summed E-state index contributed by atoms with van der Waals surface area (Å²) in [5.41, 5.74) is -0.406. The van der Waals surface area contributed by atoms with Crippen molar-refractivity contribution < 1.29 is 13.6 Å². The topological polar surface area (TPSA) is 55.2 Å². The van der Waals surface area contributed by atoms with Gasteiger partial charge >= 0.3 is 0 Å². The van der Waals surface area contributed by atoms with Crippen molar-refractivity contribution >= 4 is 43.3 Å². The number of aromatic nitrogens is 2. The van der Waals surface area contributed by atoms with Gasteiger partial charge in [0.15, 0.2) is 0 Å². The first-order valence-electron chi connectivity index (χ1n) is 5.66. The Morgan fingerprint density at radius 3 is 2.85 bits per heavy atom. The van der Waals surface area contributed by atoms with Crippen LogP contribution < -0.4 is 5.56 Å². The highest BCUT2D eigenvalue weighted by atomic mass is 79.9. The fraction of sp³-hybridized carbons (Fsp3) is 0.364. The highest BCUT2D eigenvalue weighted by molar-refractivity contribution is 9.10. The van der Waals surface area contributed by atoms with E-state index < -0.39 is 30.5 Å². The molecule has 1 amide bonds. The zero-order chi connectivity index (χ0) is 14.5. The van der Waals surface area contributed by atoms with Crippen LogP contribution in [0.5, 0.6) is 0 Å². The molecular weight excluding hydrogens is 356 g/mol. The van der Waals surface area contributed by atoms with Crippen LogP contribution in [-0.4, -0.2) is 39.6 Å². The molecule has 0 saturated carbocycles. The molecular formula is C11H8BrF2N3O2S. The van der Waals surface area contributed by atoms with E-state index in [4.69, 9.17) is 0 Å². The van der Waals surface area contributed by atoms with Crippen LogP contribution in [0.4, 0.5) is 8.78 Å². The summed E-state index contributed by atoms with van der Waals surface area (Å²) in [6.07, 6.45) is 1.49. The van der Waals surface area contributed by atoms with E-state index in [1.807, 2.05) is 0 Å². The normalized spacial score (nSPS) is 17.2. The van der Waals surface area contributed by atoms with E-state index in [-0.39, 0.29) is 6.54 Å². The van der Waals surface area contributed by atoms with Crippen molar-refractivity contribution in [3.05, 3.63) is 26.4 Å². The molecule has 2 aromatic heterocycles. The third-order valence-electron chi connectivity index (χ3n) is 3.02. The number of nitrogens with zero attached hydrogens (tertiary/aromatic N) is 3. The standard InChI is InChI=1S/C11H8BrF2N3O2S/c12-6-3-20-7-1-15-17(10(19)9(6)7)2-8(18)16-4-11(13,14)5-16/h1,3H,2,4-5H2. The molecule has 9 heteroatoms. The van der Waals surface area contributed by atoms with E-state index in [1.54, 1.807) is 5.38 Å². The fourth-order valence-electron chi connectivity index (χ4n) is 1.99. The maximum Gasteiger partial charge on any atom is 0.282 e. The Morgan fingerprint density at radius 1 is 1.50 bits per heavy atom. The summed E-state index contributed by atoms with van der Waals surface area (Å²) >= 11 is 4.62. The molecule has 5 nitrogen and oxygen atoms in total. The van der Waals surface area contributed by atoms with Gasteiger partial charge in [-0.15, -0.1) is 11.3 Å². The third kappa shape index (κ3) is 2.24. The number of alkyl halides is 2. The Bertz CT molecular complexity index is 750. The Morgan fingerprint density at radius 2 is 2.20 bits per heavy atom. The second-order valence-corrected chi connectivity index (χ2v) is 6.30. The summed E-state index contributed by atoms with van der Waals surface area (Å²) in [4.78, 5) is 25.0. The predicted octanol–water partition coefficient (Wildman–Crippen LogP) is 1.70. The summed E-state index contributed by atoms with van der Waals surface area (Å²) < 4.78 is 27.8. The quantitative estimate of drug-likeness (QED) is 0.815. The highest BCUT2D eigenvalue weighted by Crippen LogP contribution is 2.27. The number of halogens is 3. The molecule has 0 N–H and O–H groups in total. The van der Waals surface area contributed by atoms with E-state index in [0.717, 1.165) is 9.58 Å². The van der Waals surface area contributed by atoms with Crippen LogP contribution in [0.1, 0.15) is 0 Å². The molecule has 20 heavy (non-hydrogen) atoms. The number of carbonyl (C=O) groups excluding carboxylic acids is 1. The van der Waals surface area contributed by atoms with Crippen LogP contribution in [-0.2, 0) is 11.3 Å². The minimum atomic E-state index is -2.81. The molecule has 0 aliphatic carbocycles. The van der Waals surface area contributed by atoms with Gasteiger partial charge in [-0.3, -0.25) is 9.59 Å². The van der Waals surface area contributed by atoms with Crippen LogP contribution in [0, 0.1) is 0 Å². The minimum Gasteiger partial charge on any atom is -0.329 e. The van der Waals surface area contributed by atoms with Gasteiger partial charge in [0, 0.05) is 9.85 Å². The Labute approximate surface area is 123 Å². The Kier molecular flexibility index (Phi) is 3.13. The zero-order valence-electron chi connectivity index (χ0n) is 9.98. The van der Waals surface area contributed by atoms with E-state index in [0.29, 0.717) is 14.6 Å². The van der Waals surface area contributed by atoms with E-state index in [1.165, 1.54) is 17.5 Å². The molecule has 2 aromatic rings. The molecule has 106 valence electrons. The number of fused-ring (bicyclic) bond motifs is 1. The second-order valence-electron chi connectivity index (χ2n) is 4.54. The smallest absolute Gasteiger partial charge is 0.282 e. The monoisotopic (exact) mass is 363 g/mol. The van der Waals surface area contributed by atoms with Gasteiger partial charge in [-0.05, 0) is 15.9 Å². The van der Waals surface area contributed by atoms with Crippen molar-refractivity contribution in [2.45, 2.75) is 12.5 Å². The molecule has 0 bridgehead atoms. The van der Waals surface area contributed by atoms with Crippen LogP contribution >= 0.6 is 27.3 Å². The summed E-state index contributed by atoms with van der Waals surface area (Å²) in [5.74, 6) is -3.34. The summed E-state index contributed by atoms with van der Waals surface area (Å²) in [7, 11) is 0. The first-order valence-corrected chi connectivity index (χ1v) is 7.33. The number of thiophene rings is 1. The molecule has 0 aromatic carbocycles. The lowest BCUT2D eigenvalue weighted by molar-refractivity contribution is -0.166. The number of hydrogen-bond acceptors (Lipinski definition) is 4. The van der Waals surface area contributed by atoms with Crippen molar-refractivity contribution in [2.24, 2.45) is 0 Å². The highest BCUT2D eigenvalue weighted by Gasteiger charge is 2.46. The third-order valence-corrected chi connectivity index (χ3v) is 4.86. The molecule has 1 fully saturated rings. The number of carbonyl (C=O) groups is 1. The van der Waals surface area contributed by atoms with E-state index >= 15 is 0 Å². The van der Waals surface area contributed by atoms with Gasteiger partial charge in [0.25, 0.3) is 11.5 Å². The lowest BCUT2D eigenvalue weighted by atomic mass is 10.1. The lowest BCUT2D eigenvalue weighted by Crippen LogP contribution is -2.59. The van der Waals surface area contributed by atoms with Gasteiger partial charge < -0.3 is 4.90 Å². The van der Waals surface area contributed by atoms with Crippen LogP contribution in [0.25, 0.3) is 10.1 Å². The van der Waals surface area contributed by atoms with Gasteiger partial charge in [0.1, 0.15) is 6.54 Å². The fourth-order valence-corrected chi connectivity index (χ4v) is 3.55. The molecule has 3 rings (SSSR count). The Hall–Kier alpha value is -1.35. The molecule has 0 spiro atoms. The number of hydrogen-bond donors (Lipinski definition) is 0. The van der Waals surface area contributed by atoms with E-state index in [9.17, 15) is 18.4 Å². The first kappa shape index (κ1) is 13.6. The zero-order valence-corrected chi connectivity index (χ0v) is 12.4. The SMILES string of the molecule is O=C(Cn1ncc2scc(Br)c2c1=O)N1CC(F)(F)C1. The van der Waals surface area contributed by atoms with Crippen molar-refractivity contribution in [3.8, 4) is 0 Å². The van der Waals surface area contributed by atoms with Gasteiger partial charge in [0.05, 0.1) is 29.4 Å². The molecule has 0 unspecified atom stereocenters. The summed E-state index contributed by atoms with van der Waals surface area (Å²) in [6.45, 7) is -1.51. The van der Waals surface area contributed by atoms with Gasteiger partial charge in [0.2, 0.25) is 5.91 Å². The summed E-state index contributed by atoms with van der Waals surface area (Å²) in [5, 5.41) is 6.11. The van der Waals surface area contributed by atoms with Gasteiger partial charge in [-0.1, -0.05) is 0 Å². The van der Waals surface area contributed by atoms with Crippen molar-refractivity contribution in [2.75, 3.05) is 13.1 Å². The van der Waals surface area contributed by atoms with Crippen molar-refractivity contribution in [1.29, 1.82) is 0 Å². The minimum absolute atomic E-state index is 0.326. The van der Waals surface area contributed by atoms with Gasteiger partial charge in [-0.2, -0.15) is 5.10 Å². The maximum absolute atomic E-state index is 12.7. The first-order chi connectivity index (χ1) is 9.37. The summed E-state index contributed by atoms with van der Waals surface area (Å²) in [6, 6.07) is 0. The number of amides is 1.